The highest BCUT2D eigenvalue weighted by atomic mass is 16.5. The molecular weight excluding hydrogens is 114 g/mol. The number of rotatable bonds is 1. The van der Waals surface area contributed by atoms with Crippen LogP contribution in [-0.2, 0) is 6.42 Å². The normalized spacial score (nSPS) is 8.89. The van der Waals surface area contributed by atoms with Crippen molar-refractivity contribution >= 4 is 0 Å². The van der Waals surface area contributed by atoms with Gasteiger partial charge in [0.25, 0.3) is 0 Å². The van der Waals surface area contributed by atoms with Crippen molar-refractivity contribution in [2.24, 2.45) is 0 Å². The molecule has 0 saturated heterocycles. The molecule has 2 heteroatoms. The summed E-state index contributed by atoms with van der Waals surface area (Å²) < 4.78 is 4.72. The molecule has 0 unspecified atom stereocenters. The van der Waals surface area contributed by atoms with Crippen LogP contribution in [0.3, 0.4) is 0 Å². The number of hydrogen-bond acceptors (Lipinski definition) is 2. The second-order valence-corrected chi connectivity index (χ2v) is 1.68. The van der Waals surface area contributed by atoms with E-state index in [0.717, 1.165) is 12.1 Å². The zero-order valence-electron chi connectivity index (χ0n) is 5.22. The van der Waals surface area contributed by atoms with E-state index in [-0.39, 0.29) is 0 Å². The summed E-state index contributed by atoms with van der Waals surface area (Å²) in [6, 6.07) is 1.76. The summed E-state index contributed by atoms with van der Waals surface area (Å²) in [7, 11) is 0. The van der Waals surface area contributed by atoms with Crippen LogP contribution in [0.1, 0.15) is 18.4 Å². The van der Waals surface area contributed by atoms with Gasteiger partial charge in [0.2, 0.25) is 5.76 Å². The van der Waals surface area contributed by atoms with Crippen molar-refractivity contribution in [3.63, 3.8) is 0 Å². The molecule has 1 aromatic rings. The van der Waals surface area contributed by atoms with Crippen LogP contribution in [0.4, 0.5) is 0 Å². The monoisotopic (exact) mass is 121 g/mol. The van der Waals surface area contributed by atoms with Gasteiger partial charge in [-0.3, -0.25) is 0 Å². The average molecular weight is 121 g/mol. The molecule has 0 spiro atoms. The minimum atomic E-state index is 0.506. The van der Waals surface area contributed by atoms with Crippen molar-refractivity contribution in [1.29, 1.82) is 0 Å². The first-order chi connectivity index (χ1) is 4.36. The number of nitrogens with zero attached hydrogens (tertiary/aromatic N) is 1. The van der Waals surface area contributed by atoms with Crippen LogP contribution >= 0.6 is 0 Å². The number of aromatic nitrogens is 1. The SMILES string of the molecule is C#Cc1cc(CC)no1. The quantitative estimate of drug-likeness (QED) is 0.522. The van der Waals surface area contributed by atoms with Crippen molar-refractivity contribution in [3.8, 4) is 12.3 Å². The Morgan fingerprint density at radius 2 is 2.67 bits per heavy atom. The molecule has 0 N–H and O–H groups in total. The van der Waals surface area contributed by atoms with Gasteiger partial charge in [0.15, 0.2) is 0 Å². The van der Waals surface area contributed by atoms with Crippen LogP contribution in [0.25, 0.3) is 0 Å². The third kappa shape index (κ3) is 1.11. The average Bonchev–Trinajstić information content (AvgIpc) is 2.34. The molecule has 0 saturated carbocycles. The van der Waals surface area contributed by atoms with Gasteiger partial charge in [-0.2, -0.15) is 0 Å². The fourth-order valence-corrected chi connectivity index (χ4v) is 0.546. The van der Waals surface area contributed by atoms with Gasteiger partial charge in [-0.15, -0.1) is 6.42 Å². The predicted molar refractivity (Wildman–Crippen MR) is 33.8 cm³/mol. The predicted octanol–water partition coefficient (Wildman–Crippen LogP) is 1.22. The Morgan fingerprint density at radius 1 is 1.89 bits per heavy atom. The Kier molecular flexibility index (Phi) is 1.55. The first-order valence-corrected chi connectivity index (χ1v) is 2.79. The molecule has 0 fully saturated rings. The molecule has 0 atom stereocenters. The molecule has 0 aliphatic rings. The van der Waals surface area contributed by atoms with Crippen LogP contribution in [0.5, 0.6) is 0 Å². The molecule has 9 heavy (non-hydrogen) atoms. The summed E-state index contributed by atoms with van der Waals surface area (Å²) in [5, 5.41) is 3.69. The Balaban J connectivity index is 2.90. The molecule has 0 amide bonds. The van der Waals surface area contributed by atoms with Crippen LogP contribution in [0.15, 0.2) is 10.6 Å². The van der Waals surface area contributed by atoms with E-state index >= 15 is 0 Å². The summed E-state index contributed by atoms with van der Waals surface area (Å²) >= 11 is 0. The summed E-state index contributed by atoms with van der Waals surface area (Å²) in [6.45, 7) is 2.00. The van der Waals surface area contributed by atoms with E-state index in [9.17, 15) is 0 Å². The summed E-state index contributed by atoms with van der Waals surface area (Å²) in [5.41, 5.74) is 0.906. The van der Waals surface area contributed by atoms with E-state index in [1.165, 1.54) is 0 Å². The largest absolute Gasteiger partial charge is 0.347 e. The molecule has 0 bridgehead atoms. The Bertz CT molecular complexity index is 231. The van der Waals surface area contributed by atoms with Gasteiger partial charge in [0.05, 0.1) is 5.69 Å². The molecule has 0 aromatic carbocycles. The van der Waals surface area contributed by atoms with Gasteiger partial charge in [-0.25, -0.2) is 0 Å². The van der Waals surface area contributed by atoms with Crippen LogP contribution in [0, 0.1) is 12.3 Å². The standard InChI is InChI=1S/C7H7NO/c1-3-6-5-7(4-2)9-8-6/h2,5H,3H2,1H3. The number of hydrogen-bond donors (Lipinski definition) is 0. The van der Waals surface area contributed by atoms with Gasteiger partial charge in [0, 0.05) is 6.07 Å². The highest BCUT2D eigenvalue weighted by Crippen LogP contribution is 2.00. The molecule has 46 valence electrons. The maximum absolute atomic E-state index is 5.03. The lowest BCUT2D eigenvalue weighted by Crippen LogP contribution is -1.73. The third-order valence-electron chi connectivity index (χ3n) is 1.06. The lowest BCUT2D eigenvalue weighted by molar-refractivity contribution is 0.404. The number of aryl methyl sites for hydroxylation is 1. The van der Waals surface area contributed by atoms with Crippen molar-refractivity contribution < 1.29 is 4.52 Å². The first-order valence-electron chi connectivity index (χ1n) is 2.79. The summed E-state index contributed by atoms with van der Waals surface area (Å²) in [5.74, 6) is 2.86. The van der Waals surface area contributed by atoms with E-state index in [1.54, 1.807) is 6.07 Å². The molecule has 1 aromatic heterocycles. The minimum absolute atomic E-state index is 0.506. The van der Waals surface area contributed by atoms with Crippen LogP contribution in [-0.4, -0.2) is 5.16 Å². The molecular formula is C7H7NO. The van der Waals surface area contributed by atoms with Gasteiger partial charge in [0.1, 0.15) is 0 Å². The summed E-state index contributed by atoms with van der Waals surface area (Å²) in [4.78, 5) is 0. The molecule has 1 heterocycles. The van der Waals surface area contributed by atoms with E-state index < -0.39 is 0 Å². The number of terminal acetylenes is 1. The van der Waals surface area contributed by atoms with E-state index in [0.29, 0.717) is 5.76 Å². The first kappa shape index (κ1) is 5.90. The van der Waals surface area contributed by atoms with Crippen molar-refractivity contribution in [3.05, 3.63) is 17.5 Å². The maximum atomic E-state index is 5.03. The van der Waals surface area contributed by atoms with E-state index in [4.69, 9.17) is 10.9 Å². The van der Waals surface area contributed by atoms with Crippen molar-refractivity contribution in [1.82, 2.24) is 5.16 Å². The van der Waals surface area contributed by atoms with Crippen molar-refractivity contribution in [2.45, 2.75) is 13.3 Å². The van der Waals surface area contributed by atoms with Gasteiger partial charge < -0.3 is 4.52 Å². The lowest BCUT2D eigenvalue weighted by atomic mass is 10.3. The second kappa shape index (κ2) is 2.36. The van der Waals surface area contributed by atoms with E-state index in [1.807, 2.05) is 6.92 Å². The fraction of sp³-hybridized carbons (Fsp3) is 0.286. The smallest absolute Gasteiger partial charge is 0.209 e. The van der Waals surface area contributed by atoms with E-state index in [2.05, 4.69) is 11.1 Å². The Hall–Kier alpha value is -1.23. The zero-order chi connectivity index (χ0) is 6.69. The highest BCUT2D eigenvalue weighted by Gasteiger charge is 1.95. The van der Waals surface area contributed by atoms with Gasteiger partial charge in [-0.05, 0) is 12.3 Å². The van der Waals surface area contributed by atoms with Gasteiger partial charge >= 0.3 is 0 Å². The van der Waals surface area contributed by atoms with Gasteiger partial charge in [-0.1, -0.05) is 12.1 Å². The fourth-order valence-electron chi connectivity index (χ4n) is 0.546. The van der Waals surface area contributed by atoms with Crippen molar-refractivity contribution in [2.75, 3.05) is 0 Å². The lowest BCUT2D eigenvalue weighted by Gasteiger charge is -1.74. The Morgan fingerprint density at radius 3 is 3.00 bits per heavy atom. The Labute approximate surface area is 53.9 Å². The molecule has 0 aliphatic carbocycles. The highest BCUT2D eigenvalue weighted by molar-refractivity contribution is 5.21. The second-order valence-electron chi connectivity index (χ2n) is 1.68. The molecule has 2 nitrogen and oxygen atoms in total. The molecule has 1 rings (SSSR count). The van der Waals surface area contributed by atoms with Crippen LogP contribution in [0.2, 0.25) is 0 Å². The summed E-state index contributed by atoms with van der Waals surface area (Å²) in [6.07, 6.45) is 5.90. The third-order valence-corrected chi connectivity index (χ3v) is 1.06. The maximum Gasteiger partial charge on any atom is 0.209 e. The topological polar surface area (TPSA) is 26.0 Å². The van der Waals surface area contributed by atoms with Crippen LogP contribution < -0.4 is 0 Å². The minimum Gasteiger partial charge on any atom is -0.347 e. The molecule has 0 radical (unpaired) electrons. The zero-order valence-corrected chi connectivity index (χ0v) is 5.22. The molecule has 0 aliphatic heterocycles.